The topological polar surface area (TPSA) is 235 Å². The summed E-state index contributed by atoms with van der Waals surface area (Å²) in [5, 5.41) is 26.0. The molecule has 0 aliphatic rings. The lowest BCUT2D eigenvalue weighted by Crippen LogP contribution is -2.58. The van der Waals surface area contributed by atoms with E-state index in [1.807, 2.05) is 0 Å². The van der Waals surface area contributed by atoms with Crippen LogP contribution in [0, 0.1) is 5.92 Å². The van der Waals surface area contributed by atoms with Crippen LogP contribution in [0.3, 0.4) is 0 Å². The minimum Gasteiger partial charge on any atom is -0.508 e. The lowest BCUT2D eigenvalue weighted by Gasteiger charge is -2.26. The minimum absolute atomic E-state index is 0.0794. The second-order valence-electron chi connectivity index (χ2n) is 8.79. The van der Waals surface area contributed by atoms with E-state index in [2.05, 4.69) is 20.9 Å². The molecular weight excluding hydrogens is 470 g/mol. The summed E-state index contributed by atoms with van der Waals surface area (Å²) in [5.41, 5.74) is 17.4. The highest BCUT2D eigenvalue weighted by Gasteiger charge is 2.30. The second-order valence-corrected chi connectivity index (χ2v) is 8.79. The first-order valence-electron chi connectivity index (χ1n) is 11.5. The van der Waals surface area contributed by atoms with Gasteiger partial charge in [0.1, 0.15) is 23.9 Å². The molecule has 13 heteroatoms. The number of nitrogens with zero attached hydrogens (tertiary/aromatic N) is 1. The number of carbonyl (C=O) groups is 4. The summed E-state index contributed by atoms with van der Waals surface area (Å²) >= 11 is 0. The smallest absolute Gasteiger partial charge is 0.325 e. The fourth-order valence-electron chi connectivity index (χ4n) is 3.18. The van der Waals surface area contributed by atoms with E-state index in [4.69, 9.17) is 22.3 Å². The lowest BCUT2D eigenvalue weighted by atomic mass is 10.0. The molecule has 0 radical (unpaired) electrons. The van der Waals surface area contributed by atoms with Crippen LogP contribution in [0.15, 0.2) is 29.3 Å². The number of aromatic hydroxyl groups is 1. The molecule has 200 valence electrons. The Bertz CT molecular complexity index is 931. The first-order valence-corrected chi connectivity index (χ1v) is 11.5. The van der Waals surface area contributed by atoms with Gasteiger partial charge < -0.3 is 43.4 Å². The zero-order valence-corrected chi connectivity index (χ0v) is 20.7. The highest BCUT2D eigenvalue weighted by atomic mass is 16.4. The van der Waals surface area contributed by atoms with Crippen LogP contribution in [0.4, 0.5) is 0 Å². The van der Waals surface area contributed by atoms with Gasteiger partial charge in [-0.05, 0) is 49.8 Å². The van der Waals surface area contributed by atoms with E-state index >= 15 is 0 Å². The molecule has 3 amide bonds. The van der Waals surface area contributed by atoms with Gasteiger partial charge in [0.25, 0.3) is 0 Å². The number of hydrogen-bond donors (Lipinski definition) is 8. The summed E-state index contributed by atoms with van der Waals surface area (Å²) in [6.07, 6.45) is 0.662. The van der Waals surface area contributed by atoms with E-state index in [1.165, 1.54) is 19.1 Å². The lowest BCUT2D eigenvalue weighted by molar-refractivity contribution is -0.142. The van der Waals surface area contributed by atoms with Crippen molar-refractivity contribution in [3.05, 3.63) is 29.8 Å². The van der Waals surface area contributed by atoms with Crippen molar-refractivity contribution in [1.82, 2.24) is 16.0 Å². The highest BCUT2D eigenvalue weighted by Crippen LogP contribution is 2.11. The quantitative estimate of drug-likeness (QED) is 0.0832. The number of guanidine groups is 1. The SMILES string of the molecule is CC(NC(=O)C(NC(=O)C(CCCN=C(N)N)NC(=O)C(N)Cc1ccc(O)cc1)C(C)C)C(=O)O. The molecule has 0 heterocycles. The molecule has 0 aliphatic carbocycles. The monoisotopic (exact) mass is 507 g/mol. The Morgan fingerprint density at radius 1 is 0.944 bits per heavy atom. The Kier molecular flexibility index (Phi) is 12.2. The Labute approximate surface area is 209 Å². The molecule has 4 atom stereocenters. The number of carboxylic acid groups (broad SMARTS) is 1. The summed E-state index contributed by atoms with van der Waals surface area (Å²) < 4.78 is 0. The number of benzene rings is 1. The zero-order valence-electron chi connectivity index (χ0n) is 20.7. The van der Waals surface area contributed by atoms with Crippen molar-refractivity contribution in [2.24, 2.45) is 28.1 Å². The molecule has 13 nitrogen and oxygen atoms in total. The molecule has 0 fully saturated rings. The van der Waals surface area contributed by atoms with Crippen LogP contribution >= 0.6 is 0 Å². The van der Waals surface area contributed by atoms with E-state index in [-0.39, 0.29) is 37.0 Å². The van der Waals surface area contributed by atoms with E-state index in [0.29, 0.717) is 12.0 Å². The maximum atomic E-state index is 13.1. The predicted molar refractivity (Wildman–Crippen MR) is 134 cm³/mol. The summed E-state index contributed by atoms with van der Waals surface area (Å²) in [5.74, 6) is -3.51. The van der Waals surface area contributed by atoms with Gasteiger partial charge in [0, 0.05) is 6.54 Å². The van der Waals surface area contributed by atoms with E-state index in [0.717, 1.165) is 0 Å². The minimum atomic E-state index is -1.22. The standard InChI is InChI=1S/C23H37N7O6/c1-12(2)18(21(34)28-13(3)22(35)36)30-20(33)17(5-4-10-27-23(25)26)29-19(32)16(24)11-14-6-8-15(31)9-7-14/h6-9,12-13,16-18,31H,4-5,10-11,24H2,1-3H3,(H,28,34)(H,29,32)(H,30,33)(H,35,36)(H4,25,26,27). The van der Waals surface area contributed by atoms with Gasteiger partial charge >= 0.3 is 5.97 Å². The number of nitrogens with one attached hydrogen (secondary N) is 3. The van der Waals surface area contributed by atoms with Gasteiger partial charge in [-0.25, -0.2) is 0 Å². The number of nitrogens with two attached hydrogens (primary N) is 3. The fourth-order valence-corrected chi connectivity index (χ4v) is 3.18. The number of carbonyl (C=O) groups excluding carboxylic acids is 3. The van der Waals surface area contributed by atoms with Crippen molar-refractivity contribution in [2.75, 3.05) is 6.54 Å². The summed E-state index contributed by atoms with van der Waals surface area (Å²) in [7, 11) is 0. The fraction of sp³-hybridized carbons (Fsp3) is 0.522. The molecule has 4 unspecified atom stereocenters. The third-order valence-corrected chi connectivity index (χ3v) is 5.28. The summed E-state index contributed by atoms with van der Waals surface area (Å²) in [6, 6.07) is 1.99. The van der Waals surface area contributed by atoms with Crippen molar-refractivity contribution in [3.8, 4) is 5.75 Å². The largest absolute Gasteiger partial charge is 0.508 e. The zero-order chi connectivity index (χ0) is 27.4. The van der Waals surface area contributed by atoms with Gasteiger partial charge in [0.05, 0.1) is 6.04 Å². The van der Waals surface area contributed by atoms with Gasteiger partial charge in [-0.3, -0.25) is 24.2 Å². The number of phenols is 1. The Morgan fingerprint density at radius 2 is 1.56 bits per heavy atom. The number of amides is 3. The molecular formula is C23H37N7O6. The Morgan fingerprint density at radius 3 is 2.08 bits per heavy atom. The molecule has 11 N–H and O–H groups in total. The average Bonchev–Trinajstić information content (AvgIpc) is 2.79. The van der Waals surface area contributed by atoms with Gasteiger partial charge in [-0.1, -0.05) is 26.0 Å². The third-order valence-electron chi connectivity index (χ3n) is 5.28. The van der Waals surface area contributed by atoms with E-state index < -0.39 is 47.9 Å². The van der Waals surface area contributed by atoms with Gasteiger partial charge in [0.15, 0.2) is 5.96 Å². The molecule has 0 spiro atoms. The summed E-state index contributed by atoms with van der Waals surface area (Å²) in [6.45, 7) is 4.90. The van der Waals surface area contributed by atoms with Crippen molar-refractivity contribution in [1.29, 1.82) is 0 Å². The second kappa shape index (κ2) is 14.5. The average molecular weight is 508 g/mol. The van der Waals surface area contributed by atoms with Crippen LogP contribution < -0.4 is 33.2 Å². The molecule has 0 aliphatic heterocycles. The molecule has 1 aromatic rings. The molecule has 0 aromatic heterocycles. The van der Waals surface area contributed by atoms with Crippen molar-refractivity contribution in [2.45, 2.75) is 64.2 Å². The number of hydrogen-bond acceptors (Lipinski definition) is 7. The molecule has 0 bridgehead atoms. The van der Waals surface area contributed by atoms with Gasteiger partial charge in [0.2, 0.25) is 17.7 Å². The van der Waals surface area contributed by atoms with Gasteiger partial charge in [-0.2, -0.15) is 0 Å². The first kappa shape index (κ1) is 30.2. The number of aliphatic imine (C=N–C) groups is 1. The van der Waals surface area contributed by atoms with Crippen LogP contribution in [0.25, 0.3) is 0 Å². The Balaban J connectivity index is 2.95. The van der Waals surface area contributed by atoms with Crippen LogP contribution in [0.2, 0.25) is 0 Å². The number of rotatable bonds is 14. The predicted octanol–water partition coefficient (Wildman–Crippen LogP) is -1.47. The molecule has 0 saturated carbocycles. The number of phenolic OH excluding ortho intramolecular Hbond substituents is 1. The number of aliphatic carboxylic acids is 1. The van der Waals surface area contributed by atoms with Crippen molar-refractivity contribution < 1.29 is 29.4 Å². The van der Waals surface area contributed by atoms with E-state index in [9.17, 15) is 24.3 Å². The van der Waals surface area contributed by atoms with Crippen molar-refractivity contribution in [3.63, 3.8) is 0 Å². The maximum Gasteiger partial charge on any atom is 0.325 e. The normalized spacial score (nSPS) is 14.1. The molecule has 36 heavy (non-hydrogen) atoms. The molecule has 0 saturated heterocycles. The van der Waals surface area contributed by atoms with Crippen LogP contribution in [0.1, 0.15) is 39.2 Å². The molecule has 1 aromatic carbocycles. The Hall–Kier alpha value is -3.87. The summed E-state index contributed by atoms with van der Waals surface area (Å²) in [4.78, 5) is 53.4. The van der Waals surface area contributed by atoms with Crippen molar-refractivity contribution >= 4 is 29.7 Å². The first-order chi connectivity index (χ1) is 16.8. The van der Waals surface area contributed by atoms with Gasteiger partial charge in [-0.15, -0.1) is 0 Å². The van der Waals surface area contributed by atoms with E-state index in [1.54, 1.807) is 26.0 Å². The van der Waals surface area contributed by atoms with Crippen LogP contribution in [0.5, 0.6) is 5.75 Å². The highest BCUT2D eigenvalue weighted by molar-refractivity contribution is 5.94. The van der Waals surface area contributed by atoms with Crippen LogP contribution in [-0.2, 0) is 25.6 Å². The molecule has 1 rings (SSSR count). The number of carboxylic acids is 1. The maximum absolute atomic E-state index is 13.1. The van der Waals surface area contributed by atoms with Crippen LogP contribution in [-0.4, -0.2) is 70.6 Å². The third kappa shape index (κ3) is 10.6.